The van der Waals surface area contributed by atoms with Gasteiger partial charge in [-0.2, -0.15) is 4.39 Å². The molecule has 0 saturated heterocycles. The van der Waals surface area contributed by atoms with E-state index in [1.165, 1.54) is 12.3 Å². The van der Waals surface area contributed by atoms with Crippen LogP contribution in [0.2, 0.25) is 0 Å². The Hall–Kier alpha value is -2.44. The fourth-order valence-electron chi connectivity index (χ4n) is 1.36. The standard InChI is InChI=1S/C14H17FN2O4/c1-14(2,3)21-13(20)16-6-4-5-9-7-10(12(18)19)11(15)17-8-9/h4-5,7-8H,6H2,1-3H3,(H,16,20)(H,18,19). The number of hydrogen-bond acceptors (Lipinski definition) is 4. The predicted molar refractivity (Wildman–Crippen MR) is 74.4 cm³/mol. The molecule has 1 heterocycles. The van der Waals surface area contributed by atoms with E-state index < -0.39 is 29.2 Å². The van der Waals surface area contributed by atoms with E-state index in [-0.39, 0.29) is 6.54 Å². The molecule has 0 atom stereocenters. The van der Waals surface area contributed by atoms with Gasteiger partial charge in [0.15, 0.2) is 0 Å². The second-order valence-electron chi connectivity index (χ2n) is 5.20. The largest absolute Gasteiger partial charge is 0.478 e. The summed E-state index contributed by atoms with van der Waals surface area (Å²) >= 11 is 0. The van der Waals surface area contributed by atoms with Crippen molar-refractivity contribution in [3.63, 3.8) is 0 Å². The van der Waals surface area contributed by atoms with Gasteiger partial charge < -0.3 is 15.2 Å². The summed E-state index contributed by atoms with van der Waals surface area (Å²) in [7, 11) is 0. The third kappa shape index (κ3) is 6.03. The van der Waals surface area contributed by atoms with Crippen LogP contribution in [0.1, 0.15) is 36.7 Å². The molecule has 0 unspecified atom stereocenters. The summed E-state index contributed by atoms with van der Waals surface area (Å²) in [6.07, 6.45) is 3.74. The Kier molecular flexibility index (Phi) is 5.40. The molecule has 1 amide bonds. The Balaban J connectivity index is 2.56. The molecule has 0 fully saturated rings. The van der Waals surface area contributed by atoms with E-state index in [0.717, 1.165) is 6.07 Å². The minimum atomic E-state index is -1.39. The number of nitrogens with one attached hydrogen (secondary N) is 1. The quantitative estimate of drug-likeness (QED) is 0.833. The summed E-state index contributed by atoms with van der Waals surface area (Å²) in [5, 5.41) is 11.3. The topological polar surface area (TPSA) is 88.5 Å². The van der Waals surface area contributed by atoms with Crippen LogP contribution in [-0.4, -0.2) is 34.3 Å². The first-order valence-corrected chi connectivity index (χ1v) is 6.21. The van der Waals surface area contributed by atoms with Crippen LogP contribution in [0.5, 0.6) is 0 Å². The lowest BCUT2D eigenvalue weighted by molar-refractivity contribution is 0.0533. The molecular weight excluding hydrogens is 279 g/mol. The summed E-state index contributed by atoms with van der Waals surface area (Å²) in [6, 6.07) is 1.16. The van der Waals surface area contributed by atoms with Gasteiger partial charge in [-0.05, 0) is 32.4 Å². The van der Waals surface area contributed by atoms with Crippen LogP contribution in [-0.2, 0) is 4.74 Å². The summed E-state index contributed by atoms with van der Waals surface area (Å²) in [6.45, 7) is 5.44. The molecule has 0 spiro atoms. The number of aromatic carboxylic acids is 1. The summed E-state index contributed by atoms with van der Waals surface area (Å²) < 4.78 is 18.1. The predicted octanol–water partition coefficient (Wildman–Crippen LogP) is 2.46. The van der Waals surface area contributed by atoms with E-state index in [4.69, 9.17) is 9.84 Å². The zero-order valence-corrected chi connectivity index (χ0v) is 12.0. The normalized spacial score (nSPS) is 11.4. The number of halogens is 1. The first-order valence-electron chi connectivity index (χ1n) is 6.21. The van der Waals surface area contributed by atoms with Crippen molar-refractivity contribution in [2.24, 2.45) is 0 Å². The van der Waals surface area contributed by atoms with Crippen molar-refractivity contribution in [3.8, 4) is 0 Å². The molecule has 1 aromatic heterocycles. The molecule has 0 radical (unpaired) electrons. The molecule has 0 bridgehead atoms. The third-order valence-electron chi connectivity index (χ3n) is 2.16. The SMILES string of the molecule is CC(C)(C)OC(=O)NCC=Cc1cnc(F)c(C(=O)O)c1. The molecule has 7 heteroatoms. The lowest BCUT2D eigenvalue weighted by Crippen LogP contribution is -2.32. The molecule has 0 saturated carbocycles. The van der Waals surface area contributed by atoms with Crippen molar-refractivity contribution in [1.82, 2.24) is 10.3 Å². The van der Waals surface area contributed by atoms with Gasteiger partial charge in [0.1, 0.15) is 11.2 Å². The molecule has 0 aromatic carbocycles. The van der Waals surface area contributed by atoms with Crippen LogP contribution < -0.4 is 5.32 Å². The van der Waals surface area contributed by atoms with Crippen LogP contribution in [0.3, 0.4) is 0 Å². The Labute approximate surface area is 121 Å². The van der Waals surface area contributed by atoms with Crippen LogP contribution in [0.4, 0.5) is 9.18 Å². The molecule has 0 aliphatic heterocycles. The molecule has 1 rings (SSSR count). The number of carboxylic acid groups (broad SMARTS) is 1. The summed E-state index contributed by atoms with van der Waals surface area (Å²) in [5.74, 6) is -2.42. The lowest BCUT2D eigenvalue weighted by atomic mass is 10.2. The molecule has 0 aliphatic rings. The number of ether oxygens (including phenoxy) is 1. The highest BCUT2D eigenvalue weighted by Crippen LogP contribution is 2.09. The smallest absolute Gasteiger partial charge is 0.407 e. The van der Waals surface area contributed by atoms with Gasteiger partial charge in [0.25, 0.3) is 0 Å². The number of alkyl carbamates (subject to hydrolysis) is 1. The summed E-state index contributed by atoms with van der Waals surface area (Å²) in [5.41, 5.74) is -0.664. The van der Waals surface area contributed by atoms with Gasteiger partial charge in [-0.15, -0.1) is 0 Å². The van der Waals surface area contributed by atoms with E-state index in [2.05, 4.69) is 10.3 Å². The fourth-order valence-corrected chi connectivity index (χ4v) is 1.36. The van der Waals surface area contributed by atoms with Gasteiger partial charge in [0, 0.05) is 12.7 Å². The molecular formula is C14H17FN2O4. The van der Waals surface area contributed by atoms with E-state index in [1.807, 2.05) is 0 Å². The number of carboxylic acids is 1. The lowest BCUT2D eigenvalue weighted by Gasteiger charge is -2.19. The maximum atomic E-state index is 13.1. The number of nitrogens with zero attached hydrogens (tertiary/aromatic N) is 1. The van der Waals surface area contributed by atoms with Crippen molar-refractivity contribution >= 4 is 18.1 Å². The van der Waals surface area contributed by atoms with E-state index in [9.17, 15) is 14.0 Å². The molecule has 21 heavy (non-hydrogen) atoms. The Morgan fingerprint density at radius 2 is 2.14 bits per heavy atom. The highest BCUT2D eigenvalue weighted by molar-refractivity contribution is 5.88. The number of aromatic nitrogens is 1. The number of amides is 1. The number of rotatable bonds is 4. The number of carbonyl (C=O) groups excluding carboxylic acids is 1. The van der Waals surface area contributed by atoms with Crippen molar-refractivity contribution < 1.29 is 23.8 Å². The van der Waals surface area contributed by atoms with Crippen molar-refractivity contribution in [2.75, 3.05) is 6.54 Å². The maximum Gasteiger partial charge on any atom is 0.407 e. The summed E-state index contributed by atoms with van der Waals surface area (Å²) in [4.78, 5) is 25.5. The van der Waals surface area contributed by atoms with Gasteiger partial charge in [-0.1, -0.05) is 12.2 Å². The van der Waals surface area contributed by atoms with E-state index >= 15 is 0 Å². The van der Waals surface area contributed by atoms with Gasteiger partial charge >= 0.3 is 12.1 Å². The second-order valence-corrected chi connectivity index (χ2v) is 5.20. The first kappa shape index (κ1) is 16.6. The van der Waals surface area contributed by atoms with Crippen LogP contribution >= 0.6 is 0 Å². The fraction of sp³-hybridized carbons (Fsp3) is 0.357. The number of hydrogen-bond donors (Lipinski definition) is 2. The van der Waals surface area contributed by atoms with E-state index in [1.54, 1.807) is 26.8 Å². The van der Waals surface area contributed by atoms with Gasteiger partial charge in [0.2, 0.25) is 5.95 Å². The monoisotopic (exact) mass is 296 g/mol. The van der Waals surface area contributed by atoms with Gasteiger partial charge in [0.05, 0.1) is 0 Å². The Morgan fingerprint density at radius 1 is 1.48 bits per heavy atom. The average molecular weight is 296 g/mol. The Bertz CT molecular complexity index is 565. The number of pyridine rings is 1. The highest BCUT2D eigenvalue weighted by Gasteiger charge is 2.15. The molecule has 1 aromatic rings. The van der Waals surface area contributed by atoms with Crippen molar-refractivity contribution in [3.05, 3.63) is 35.4 Å². The molecule has 114 valence electrons. The van der Waals surface area contributed by atoms with Crippen LogP contribution in [0.25, 0.3) is 6.08 Å². The van der Waals surface area contributed by atoms with Crippen LogP contribution in [0, 0.1) is 5.95 Å². The van der Waals surface area contributed by atoms with E-state index in [0.29, 0.717) is 5.56 Å². The number of carbonyl (C=O) groups is 2. The molecule has 0 aliphatic carbocycles. The Morgan fingerprint density at radius 3 is 2.71 bits per heavy atom. The zero-order chi connectivity index (χ0) is 16.0. The molecule has 2 N–H and O–H groups in total. The maximum absolute atomic E-state index is 13.1. The van der Waals surface area contributed by atoms with Gasteiger partial charge in [-0.25, -0.2) is 14.6 Å². The minimum absolute atomic E-state index is 0.189. The third-order valence-corrected chi connectivity index (χ3v) is 2.16. The average Bonchev–Trinajstić information content (AvgIpc) is 2.34. The molecule has 6 nitrogen and oxygen atoms in total. The zero-order valence-electron chi connectivity index (χ0n) is 12.0. The van der Waals surface area contributed by atoms with Crippen LogP contribution in [0.15, 0.2) is 18.3 Å². The highest BCUT2D eigenvalue weighted by atomic mass is 19.1. The van der Waals surface area contributed by atoms with Crippen molar-refractivity contribution in [2.45, 2.75) is 26.4 Å². The van der Waals surface area contributed by atoms with Gasteiger partial charge in [-0.3, -0.25) is 0 Å². The first-order chi connectivity index (χ1) is 9.69. The minimum Gasteiger partial charge on any atom is -0.478 e. The van der Waals surface area contributed by atoms with Crippen molar-refractivity contribution in [1.29, 1.82) is 0 Å². The second kappa shape index (κ2) is 6.83.